The van der Waals surface area contributed by atoms with Crippen LogP contribution in [0.2, 0.25) is 0 Å². The molecule has 0 spiro atoms. The number of ether oxygens (including phenoxy) is 2. The second-order valence-corrected chi connectivity index (χ2v) is 7.73. The van der Waals surface area contributed by atoms with Crippen molar-refractivity contribution in [3.8, 4) is 11.5 Å². The first-order valence-corrected chi connectivity index (χ1v) is 9.84. The van der Waals surface area contributed by atoms with Crippen LogP contribution in [0.1, 0.15) is 5.56 Å². The number of hydrogen-bond acceptors (Lipinski definition) is 5. The zero-order chi connectivity index (χ0) is 20.0. The minimum Gasteiger partial charge on any atom is -0.493 e. The van der Waals surface area contributed by atoms with Gasteiger partial charge in [-0.1, -0.05) is 12.1 Å². The summed E-state index contributed by atoms with van der Waals surface area (Å²) >= 11 is 0. The third-order valence-corrected chi connectivity index (χ3v) is 5.02. The highest BCUT2D eigenvalue weighted by atomic mass is 32.2. The van der Waals surface area contributed by atoms with Gasteiger partial charge >= 0.3 is 0 Å². The molecule has 0 saturated carbocycles. The monoisotopic (exact) mass is 390 g/mol. The van der Waals surface area contributed by atoms with Crippen LogP contribution in [0.15, 0.2) is 48.5 Å². The fourth-order valence-corrected chi connectivity index (χ4v) is 2.78. The van der Waals surface area contributed by atoms with E-state index in [9.17, 15) is 13.2 Å². The van der Waals surface area contributed by atoms with Crippen LogP contribution in [-0.2, 0) is 14.8 Å². The summed E-state index contributed by atoms with van der Waals surface area (Å²) in [6.45, 7) is 0. The molecule has 0 radical (unpaired) electrons. The number of nitrogens with one attached hydrogen (secondary N) is 1. The Morgan fingerprint density at radius 1 is 1.07 bits per heavy atom. The molecule has 144 valence electrons. The number of amides is 1. The van der Waals surface area contributed by atoms with Crippen LogP contribution in [-0.4, -0.2) is 41.8 Å². The summed E-state index contributed by atoms with van der Waals surface area (Å²) in [6.07, 6.45) is 4.14. The number of nitrogens with zero attached hydrogens (tertiary/aromatic N) is 1. The molecule has 0 heterocycles. The van der Waals surface area contributed by atoms with Crippen LogP contribution in [0.4, 0.5) is 11.4 Å². The first-order chi connectivity index (χ1) is 12.7. The Hall–Kier alpha value is -3.00. The molecule has 0 unspecified atom stereocenters. The van der Waals surface area contributed by atoms with E-state index in [0.29, 0.717) is 22.9 Å². The first-order valence-electron chi connectivity index (χ1n) is 7.99. The van der Waals surface area contributed by atoms with Gasteiger partial charge in [0.2, 0.25) is 15.9 Å². The molecule has 7 nitrogen and oxygen atoms in total. The number of methoxy groups -OCH3 is 2. The van der Waals surface area contributed by atoms with E-state index in [-0.39, 0.29) is 5.91 Å². The summed E-state index contributed by atoms with van der Waals surface area (Å²) < 4.78 is 34.8. The highest BCUT2D eigenvalue weighted by Gasteiger charge is 2.12. The van der Waals surface area contributed by atoms with Crippen LogP contribution in [0.3, 0.4) is 0 Å². The zero-order valence-electron chi connectivity index (χ0n) is 15.6. The number of carbonyl (C=O) groups is 1. The van der Waals surface area contributed by atoms with E-state index in [1.165, 1.54) is 13.1 Å². The molecule has 0 aromatic heterocycles. The molecule has 0 aliphatic rings. The van der Waals surface area contributed by atoms with E-state index < -0.39 is 10.0 Å². The van der Waals surface area contributed by atoms with Crippen molar-refractivity contribution in [3.63, 3.8) is 0 Å². The van der Waals surface area contributed by atoms with Gasteiger partial charge in [-0.15, -0.1) is 0 Å². The van der Waals surface area contributed by atoms with E-state index in [1.807, 2.05) is 0 Å². The molecule has 0 bridgehead atoms. The lowest BCUT2D eigenvalue weighted by atomic mass is 10.2. The topological polar surface area (TPSA) is 84.9 Å². The van der Waals surface area contributed by atoms with Gasteiger partial charge in [-0.05, 0) is 42.0 Å². The molecule has 2 aromatic carbocycles. The number of benzene rings is 2. The Morgan fingerprint density at radius 2 is 1.78 bits per heavy atom. The van der Waals surface area contributed by atoms with E-state index >= 15 is 0 Å². The predicted octanol–water partition coefficient (Wildman–Crippen LogP) is 2.75. The molecular weight excluding hydrogens is 368 g/mol. The smallest absolute Gasteiger partial charge is 0.248 e. The third kappa shape index (κ3) is 5.49. The number of carbonyl (C=O) groups excluding carboxylic acids is 1. The Kier molecular flexibility index (Phi) is 6.46. The van der Waals surface area contributed by atoms with Gasteiger partial charge in [0.15, 0.2) is 11.5 Å². The summed E-state index contributed by atoms with van der Waals surface area (Å²) in [7, 11) is 1.17. The Labute approximate surface area is 159 Å². The fourth-order valence-electron chi connectivity index (χ4n) is 2.28. The zero-order valence-corrected chi connectivity index (χ0v) is 16.4. The Balaban J connectivity index is 2.11. The van der Waals surface area contributed by atoms with Crippen LogP contribution in [0, 0.1) is 0 Å². The molecule has 1 amide bonds. The Bertz CT molecular complexity index is 954. The summed E-state index contributed by atoms with van der Waals surface area (Å²) in [6, 6.07) is 11.9. The molecule has 0 fully saturated rings. The number of rotatable bonds is 7. The van der Waals surface area contributed by atoms with Gasteiger partial charge in [-0.2, -0.15) is 0 Å². The molecule has 0 atom stereocenters. The fraction of sp³-hybridized carbons (Fsp3) is 0.211. The van der Waals surface area contributed by atoms with Gasteiger partial charge in [0, 0.05) is 18.8 Å². The second-order valence-electron chi connectivity index (χ2n) is 5.72. The van der Waals surface area contributed by atoms with Crippen molar-refractivity contribution in [1.29, 1.82) is 0 Å². The molecule has 27 heavy (non-hydrogen) atoms. The Morgan fingerprint density at radius 3 is 2.41 bits per heavy atom. The van der Waals surface area contributed by atoms with Crippen LogP contribution >= 0.6 is 0 Å². The molecule has 2 aromatic rings. The highest BCUT2D eigenvalue weighted by Crippen LogP contribution is 2.28. The van der Waals surface area contributed by atoms with Crippen molar-refractivity contribution >= 4 is 33.4 Å². The van der Waals surface area contributed by atoms with Gasteiger partial charge in [-0.3, -0.25) is 9.10 Å². The first kappa shape index (κ1) is 20.3. The van der Waals surface area contributed by atoms with Crippen molar-refractivity contribution in [1.82, 2.24) is 0 Å². The molecule has 8 heteroatoms. The van der Waals surface area contributed by atoms with Gasteiger partial charge in [0.1, 0.15) is 0 Å². The van der Waals surface area contributed by atoms with Crippen LogP contribution in [0.25, 0.3) is 6.08 Å². The molecule has 0 aliphatic carbocycles. The normalized spacial score (nSPS) is 11.3. The van der Waals surface area contributed by atoms with E-state index in [2.05, 4.69) is 5.32 Å². The standard InChI is InChI=1S/C19H22N2O5S/c1-21(27(4,23)24)16-7-5-6-15(13-16)20-19(22)11-9-14-8-10-17(25-2)18(12-14)26-3/h5-13H,1-4H3,(H,20,22)/b11-9+. The van der Waals surface area contributed by atoms with Gasteiger partial charge in [0.05, 0.1) is 26.2 Å². The van der Waals surface area contributed by atoms with Gasteiger partial charge in [-0.25, -0.2) is 8.42 Å². The molecule has 0 saturated heterocycles. The average molecular weight is 390 g/mol. The minimum absolute atomic E-state index is 0.344. The van der Waals surface area contributed by atoms with E-state index in [1.54, 1.807) is 62.8 Å². The quantitative estimate of drug-likeness (QED) is 0.735. The molecule has 1 N–H and O–H groups in total. The molecule has 0 aliphatic heterocycles. The van der Waals surface area contributed by atoms with Crippen molar-refractivity contribution in [3.05, 3.63) is 54.1 Å². The maximum absolute atomic E-state index is 12.2. The lowest BCUT2D eigenvalue weighted by Crippen LogP contribution is -2.24. The molecular formula is C19H22N2O5S. The largest absolute Gasteiger partial charge is 0.493 e. The second kappa shape index (κ2) is 8.59. The predicted molar refractivity (Wildman–Crippen MR) is 107 cm³/mol. The number of sulfonamides is 1. The van der Waals surface area contributed by atoms with Crippen molar-refractivity contribution < 1.29 is 22.7 Å². The van der Waals surface area contributed by atoms with Crippen molar-refractivity contribution in [2.45, 2.75) is 0 Å². The van der Waals surface area contributed by atoms with Crippen LogP contribution in [0.5, 0.6) is 11.5 Å². The number of anilines is 2. The van der Waals surface area contributed by atoms with Crippen LogP contribution < -0.4 is 19.1 Å². The van der Waals surface area contributed by atoms with Gasteiger partial charge in [0.25, 0.3) is 0 Å². The minimum atomic E-state index is -3.38. The number of hydrogen-bond donors (Lipinski definition) is 1. The third-order valence-electron chi connectivity index (χ3n) is 3.81. The maximum atomic E-state index is 12.2. The van der Waals surface area contributed by atoms with Crippen molar-refractivity contribution in [2.24, 2.45) is 0 Å². The molecule has 2 rings (SSSR count). The van der Waals surface area contributed by atoms with E-state index in [0.717, 1.165) is 16.1 Å². The lowest BCUT2D eigenvalue weighted by molar-refractivity contribution is -0.111. The van der Waals surface area contributed by atoms with Crippen molar-refractivity contribution in [2.75, 3.05) is 37.1 Å². The maximum Gasteiger partial charge on any atom is 0.248 e. The summed E-state index contributed by atoms with van der Waals surface area (Å²) in [5.41, 5.74) is 1.72. The van der Waals surface area contributed by atoms with Gasteiger partial charge < -0.3 is 14.8 Å². The highest BCUT2D eigenvalue weighted by molar-refractivity contribution is 7.92. The SMILES string of the molecule is COc1ccc(/C=C/C(=O)Nc2cccc(N(C)S(C)(=O)=O)c2)cc1OC. The lowest BCUT2D eigenvalue weighted by Gasteiger charge is -2.17. The summed E-state index contributed by atoms with van der Waals surface area (Å²) in [4.78, 5) is 12.2. The van der Waals surface area contributed by atoms with E-state index in [4.69, 9.17) is 9.47 Å². The summed E-state index contributed by atoms with van der Waals surface area (Å²) in [5, 5.41) is 2.71. The average Bonchev–Trinajstić information content (AvgIpc) is 2.64. The summed E-state index contributed by atoms with van der Waals surface area (Å²) in [5.74, 6) is 0.825.